The van der Waals surface area contributed by atoms with E-state index in [4.69, 9.17) is 4.74 Å². The fourth-order valence-corrected chi connectivity index (χ4v) is 2.23. The Morgan fingerprint density at radius 1 is 1.47 bits per heavy atom. The van der Waals surface area contributed by atoms with E-state index in [-0.39, 0.29) is 18.6 Å². The van der Waals surface area contributed by atoms with E-state index < -0.39 is 5.97 Å². The predicted octanol–water partition coefficient (Wildman–Crippen LogP) is 1.20. The smallest absolute Gasteiger partial charge is 0.350 e. The van der Waals surface area contributed by atoms with E-state index in [0.717, 1.165) is 17.8 Å². The van der Waals surface area contributed by atoms with Crippen molar-refractivity contribution in [3.63, 3.8) is 0 Å². The lowest BCUT2D eigenvalue weighted by Gasteiger charge is -2.04. The zero-order chi connectivity index (χ0) is 12.4. The molecule has 0 aromatic carbocycles. The van der Waals surface area contributed by atoms with E-state index in [0.29, 0.717) is 10.6 Å². The Hall–Kier alpha value is -1.43. The molecule has 1 saturated carbocycles. The molecule has 6 heteroatoms. The van der Waals surface area contributed by atoms with E-state index in [2.05, 4.69) is 10.3 Å². The SMILES string of the molecule is Cc1nc(C)c(C(=O)OCC(=O)NC2CC2)s1. The summed E-state index contributed by atoms with van der Waals surface area (Å²) in [6, 6.07) is 0.286. The molecule has 1 aromatic rings. The molecule has 1 fully saturated rings. The lowest BCUT2D eigenvalue weighted by atomic mass is 10.4. The number of thiazole rings is 1. The standard InChI is InChI=1S/C11H14N2O3S/c1-6-10(17-7(2)12-6)11(15)16-5-9(14)13-8-3-4-8/h8H,3-5H2,1-2H3,(H,13,14). The van der Waals surface area contributed by atoms with E-state index in [1.54, 1.807) is 6.92 Å². The third kappa shape index (κ3) is 3.26. The number of rotatable bonds is 4. The summed E-state index contributed by atoms with van der Waals surface area (Å²) in [6.07, 6.45) is 2.04. The van der Waals surface area contributed by atoms with Crippen molar-refractivity contribution in [1.29, 1.82) is 0 Å². The molecule has 5 nitrogen and oxygen atoms in total. The molecular weight excluding hydrogens is 240 g/mol. The summed E-state index contributed by atoms with van der Waals surface area (Å²) in [5, 5.41) is 3.57. The van der Waals surface area contributed by atoms with Gasteiger partial charge in [0.1, 0.15) is 4.88 Å². The third-order valence-electron chi connectivity index (χ3n) is 2.37. The first-order valence-corrected chi connectivity index (χ1v) is 6.28. The Bertz CT molecular complexity index is 452. The number of hydrogen-bond acceptors (Lipinski definition) is 5. The summed E-state index contributed by atoms with van der Waals surface area (Å²) in [5.41, 5.74) is 0.653. The summed E-state index contributed by atoms with van der Waals surface area (Å²) in [6.45, 7) is 3.37. The van der Waals surface area contributed by atoms with E-state index in [9.17, 15) is 9.59 Å². The highest BCUT2D eigenvalue weighted by Gasteiger charge is 2.24. The van der Waals surface area contributed by atoms with Gasteiger partial charge in [0, 0.05) is 6.04 Å². The maximum absolute atomic E-state index is 11.7. The monoisotopic (exact) mass is 254 g/mol. The summed E-state index contributed by atoms with van der Waals surface area (Å²) in [7, 11) is 0. The minimum atomic E-state index is -0.473. The van der Waals surface area contributed by atoms with Crippen molar-refractivity contribution in [2.24, 2.45) is 0 Å². The van der Waals surface area contributed by atoms with Crippen molar-refractivity contribution in [3.05, 3.63) is 15.6 Å². The van der Waals surface area contributed by atoms with Gasteiger partial charge < -0.3 is 10.1 Å². The van der Waals surface area contributed by atoms with Crippen LogP contribution < -0.4 is 5.32 Å². The van der Waals surface area contributed by atoms with Crippen molar-refractivity contribution in [2.45, 2.75) is 32.7 Å². The molecular formula is C11H14N2O3S. The van der Waals surface area contributed by atoms with Gasteiger partial charge in [0.05, 0.1) is 10.7 Å². The predicted molar refractivity (Wildman–Crippen MR) is 63.0 cm³/mol. The number of carbonyl (C=O) groups excluding carboxylic acids is 2. The molecule has 1 aliphatic rings. The Balaban J connectivity index is 1.84. The van der Waals surface area contributed by atoms with Gasteiger partial charge in [0.2, 0.25) is 0 Å². The van der Waals surface area contributed by atoms with Crippen LogP contribution in [0.15, 0.2) is 0 Å². The molecule has 1 aromatic heterocycles. The topological polar surface area (TPSA) is 68.3 Å². The van der Waals surface area contributed by atoms with E-state index >= 15 is 0 Å². The van der Waals surface area contributed by atoms with Gasteiger partial charge in [-0.1, -0.05) is 0 Å². The fourth-order valence-electron chi connectivity index (χ4n) is 1.41. The minimum Gasteiger partial charge on any atom is -0.451 e. The number of nitrogens with zero attached hydrogens (tertiary/aromatic N) is 1. The Kier molecular flexibility index (Phi) is 3.42. The maximum Gasteiger partial charge on any atom is 0.350 e. The number of aryl methyl sites for hydroxylation is 2. The van der Waals surface area contributed by atoms with Gasteiger partial charge in [-0.25, -0.2) is 9.78 Å². The summed E-state index contributed by atoms with van der Waals surface area (Å²) < 4.78 is 4.93. The van der Waals surface area contributed by atoms with E-state index in [1.807, 2.05) is 6.92 Å². The zero-order valence-electron chi connectivity index (χ0n) is 9.78. The molecule has 0 atom stereocenters. The highest BCUT2D eigenvalue weighted by molar-refractivity contribution is 7.13. The molecule has 1 amide bonds. The van der Waals surface area contributed by atoms with Crippen LogP contribution >= 0.6 is 11.3 Å². The molecule has 1 heterocycles. The first-order chi connectivity index (χ1) is 8.06. The molecule has 0 bridgehead atoms. The molecule has 0 unspecified atom stereocenters. The Morgan fingerprint density at radius 3 is 2.71 bits per heavy atom. The van der Waals surface area contributed by atoms with E-state index in [1.165, 1.54) is 11.3 Å². The van der Waals surface area contributed by atoms with Gasteiger partial charge in [-0.3, -0.25) is 4.79 Å². The molecule has 1 N–H and O–H groups in total. The molecule has 92 valence electrons. The lowest BCUT2D eigenvalue weighted by molar-refractivity contribution is -0.124. The van der Waals surface area contributed by atoms with Crippen LogP contribution in [0, 0.1) is 13.8 Å². The quantitative estimate of drug-likeness (QED) is 0.820. The normalized spacial score (nSPS) is 14.5. The highest BCUT2D eigenvalue weighted by Crippen LogP contribution is 2.19. The molecule has 1 aliphatic carbocycles. The zero-order valence-corrected chi connectivity index (χ0v) is 10.6. The molecule has 17 heavy (non-hydrogen) atoms. The van der Waals surface area contributed by atoms with Crippen LogP contribution in [0.1, 0.15) is 33.2 Å². The van der Waals surface area contributed by atoms with Crippen molar-refractivity contribution in [1.82, 2.24) is 10.3 Å². The second kappa shape index (κ2) is 4.83. The lowest BCUT2D eigenvalue weighted by Crippen LogP contribution is -2.30. The molecule has 0 radical (unpaired) electrons. The first kappa shape index (κ1) is 12.0. The van der Waals surface area contributed by atoms with Crippen molar-refractivity contribution >= 4 is 23.2 Å². The average molecular weight is 254 g/mol. The first-order valence-electron chi connectivity index (χ1n) is 5.47. The number of amides is 1. The second-order valence-corrected chi connectivity index (χ2v) is 5.27. The number of nitrogens with one attached hydrogen (secondary N) is 1. The van der Waals surface area contributed by atoms with Crippen LogP contribution in [0.4, 0.5) is 0 Å². The molecule has 0 spiro atoms. The second-order valence-electron chi connectivity index (χ2n) is 4.07. The van der Waals surface area contributed by atoms with Gasteiger partial charge in [0.15, 0.2) is 6.61 Å². The highest BCUT2D eigenvalue weighted by atomic mass is 32.1. The van der Waals surface area contributed by atoms with Crippen LogP contribution in [0.5, 0.6) is 0 Å². The Morgan fingerprint density at radius 2 is 2.18 bits per heavy atom. The Labute approximate surface area is 103 Å². The number of aromatic nitrogens is 1. The van der Waals surface area contributed by atoms with Gasteiger partial charge >= 0.3 is 5.97 Å². The van der Waals surface area contributed by atoms with Crippen LogP contribution in [-0.4, -0.2) is 29.5 Å². The number of hydrogen-bond donors (Lipinski definition) is 1. The molecule has 0 aliphatic heterocycles. The van der Waals surface area contributed by atoms with Crippen molar-refractivity contribution in [3.8, 4) is 0 Å². The third-order valence-corrected chi connectivity index (χ3v) is 3.42. The van der Waals surface area contributed by atoms with Crippen LogP contribution in [-0.2, 0) is 9.53 Å². The van der Waals surface area contributed by atoms with Crippen LogP contribution in [0.3, 0.4) is 0 Å². The van der Waals surface area contributed by atoms with Gasteiger partial charge in [-0.15, -0.1) is 11.3 Å². The van der Waals surface area contributed by atoms with Gasteiger partial charge in [-0.2, -0.15) is 0 Å². The summed E-state index contributed by atoms with van der Waals surface area (Å²) >= 11 is 1.28. The minimum absolute atomic E-state index is 0.217. The maximum atomic E-state index is 11.7. The molecule has 0 saturated heterocycles. The number of carbonyl (C=O) groups is 2. The summed E-state index contributed by atoms with van der Waals surface area (Å²) in [5.74, 6) is -0.709. The van der Waals surface area contributed by atoms with Gasteiger partial charge in [0.25, 0.3) is 5.91 Å². The largest absolute Gasteiger partial charge is 0.451 e. The fraction of sp³-hybridized carbons (Fsp3) is 0.545. The van der Waals surface area contributed by atoms with Gasteiger partial charge in [-0.05, 0) is 26.7 Å². The average Bonchev–Trinajstić information content (AvgIpc) is 3.00. The van der Waals surface area contributed by atoms with Crippen LogP contribution in [0.25, 0.3) is 0 Å². The number of esters is 1. The van der Waals surface area contributed by atoms with Crippen molar-refractivity contribution in [2.75, 3.05) is 6.61 Å². The summed E-state index contributed by atoms with van der Waals surface area (Å²) in [4.78, 5) is 27.6. The molecule has 2 rings (SSSR count). The van der Waals surface area contributed by atoms with Crippen molar-refractivity contribution < 1.29 is 14.3 Å². The van der Waals surface area contributed by atoms with Crippen LogP contribution in [0.2, 0.25) is 0 Å². The number of ether oxygens (including phenoxy) is 1.